The highest BCUT2D eigenvalue weighted by Gasteiger charge is 2.19. The Morgan fingerprint density at radius 1 is 1.50 bits per heavy atom. The fourth-order valence-electron chi connectivity index (χ4n) is 0.289. The van der Waals surface area contributed by atoms with Gasteiger partial charge < -0.3 is 21.1 Å². The van der Waals surface area contributed by atoms with Crippen LogP contribution in [0, 0.1) is 0 Å². The van der Waals surface area contributed by atoms with Gasteiger partial charge in [0.1, 0.15) is 6.10 Å². The number of aliphatic hydroxyl groups excluding tert-OH is 3. The maximum Gasteiger partial charge on any atom is 0.249 e. The molecule has 0 aromatic carbocycles. The van der Waals surface area contributed by atoms with Crippen LogP contribution in [0.4, 0.5) is 0 Å². The first kappa shape index (κ1) is 12.5. The lowest BCUT2D eigenvalue weighted by atomic mass is 10.2. The van der Waals surface area contributed by atoms with Crippen LogP contribution in [0.1, 0.15) is 0 Å². The summed E-state index contributed by atoms with van der Waals surface area (Å²) in [4.78, 5) is 10.0. The minimum Gasteiger partial charge on any atom is -0.394 e. The molecule has 2 unspecified atom stereocenters. The quantitative estimate of drug-likeness (QED) is 0.428. The third-order valence-corrected chi connectivity index (χ3v) is 0.843. The smallest absolute Gasteiger partial charge is 0.249 e. The summed E-state index contributed by atoms with van der Waals surface area (Å²) in [6.45, 7) is -0.676. The number of nitrogens with two attached hydrogens (primary N) is 1. The number of rotatable bonds is 3. The molecule has 0 aliphatic heterocycles. The topological polar surface area (TPSA) is 104 Å². The van der Waals surface area contributed by atoms with Gasteiger partial charge in [-0.25, -0.2) is 0 Å². The van der Waals surface area contributed by atoms with Crippen molar-refractivity contribution in [2.24, 2.45) is 5.73 Å². The van der Waals surface area contributed by atoms with Crippen LogP contribution in [0.25, 0.3) is 0 Å². The number of carbonyl (C=O) groups is 1. The van der Waals surface area contributed by atoms with E-state index in [0.29, 0.717) is 0 Å². The van der Waals surface area contributed by atoms with Gasteiger partial charge in [-0.3, -0.25) is 4.79 Å². The molecule has 0 aromatic rings. The zero-order chi connectivity index (χ0) is 7.44. The van der Waals surface area contributed by atoms with E-state index in [1.807, 2.05) is 0 Å². The SMILES string of the molecule is Br.NC(=O)C(O)C(O)CO. The number of aliphatic hydroxyl groups is 3. The molecule has 5 nitrogen and oxygen atoms in total. The molecule has 0 saturated heterocycles. The second-order valence-corrected chi connectivity index (χ2v) is 1.60. The highest BCUT2D eigenvalue weighted by molar-refractivity contribution is 8.93. The lowest BCUT2D eigenvalue weighted by Crippen LogP contribution is -2.40. The third-order valence-electron chi connectivity index (χ3n) is 0.843. The van der Waals surface area contributed by atoms with Crippen molar-refractivity contribution in [1.82, 2.24) is 0 Å². The number of halogens is 1. The van der Waals surface area contributed by atoms with E-state index < -0.39 is 24.7 Å². The molecule has 5 N–H and O–H groups in total. The monoisotopic (exact) mass is 215 g/mol. The number of carbonyl (C=O) groups excluding carboxylic acids is 1. The minimum atomic E-state index is -1.67. The summed E-state index contributed by atoms with van der Waals surface area (Å²) < 4.78 is 0. The Morgan fingerprint density at radius 2 is 1.90 bits per heavy atom. The molecule has 2 atom stereocenters. The van der Waals surface area contributed by atoms with Crippen molar-refractivity contribution >= 4 is 22.9 Å². The first-order valence-electron chi connectivity index (χ1n) is 2.36. The third kappa shape index (κ3) is 3.78. The van der Waals surface area contributed by atoms with Crippen LogP contribution in [0.15, 0.2) is 0 Å². The van der Waals surface area contributed by atoms with Gasteiger partial charge in [-0.05, 0) is 0 Å². The van der Waals surface area contributed by atoms with Crippen LogP contribution >= 0.6 is 17.0 Å². The summed E-state index contributed by atoms with van der Waals surface area (Å²) in [5, 5.41) is 25.1. The molecule has 62 valence electrons. The number of amides is 1. The van der Waals surface area contributed by atoms with Gasteiger partial charge in [0.05, 0.1) is 6.61 Å². The molecule has 0 rings (SSSR count). The summed E-state index contributed by atoms with van der Waals surface area (Å²) in [7, 11) is 0. The Kier molecular flexibility index (Phi) is 7.00. The lowest BCUT2D eigenvalue weighted by Gasteiger charge is -2.10. The van der Waals surface area contributed by atoms with Gasteiger partial charge in [-0.1, -0.05) is 0 Å². The van der Waals surface area contributed by atoms with E-state index in [1.165, 1.54) is 0 Å². The molecule has 0 radical (unpaired) electrons. The number of primary amides is 1. The van der Waals surface area contributed by atoms with Gasteiger partial charge in [0.25, 0.3) is 0 Å². The van der Waals surface area contributed by atoms with Crippen LogP contribution < -0.4 is 5.73 Å². The van der Waals surface area contributed by atoms with Crippen LogP contribution in [-0.2, 0) is 4.79 Å². The molecule has 6 heteroatoms. The molecule has 0 bridgehead atoms. The second kappa shape index (κ2) is 5.60. The Labute approximate surface area is 68.2 Å². The van der Waals surface area contributed by atoms with Crippen LogP contribution in [0.2, 0.25) is 0 Å². The predicted octanol–water partition coefficient (Wildman–Crippen LogP) is -2.24. The van der Waals surface area contributed by atoms with Crippen LogP contribution in [-0.4, -0.2) is 40.0 Å². The average molecular weight is 216 g/mol. The molecule has 0 saturated carbocycles. The van der Waals surface area contributed by atoms with E-state index in [-0.39, 0.29) is 17.0 Å². The molecular weight excluding hydrogens is 206 g/mol. The Bertz CT molecular complexity index is 109. The summed E-state index contributed by atoms with van der Waals surface area (Å²) in [5.74, 6) is -1.04. The van der Waals surface area contributed by atoms with Crippen molar-refractivity contribution in [3.63, 3.8) is 0 Å². The molecule has 0 aromatic heterocycles. The predicted molar refractivity (Wildman–Crippen MR) is 38.6 cm³/mol. The summed E-state index contributed by atoms with van der Waals surface area (Å²) in [5.41, 5.74) is 4.55. The molecular formula is C4H10BrNO4. The van der Waals surface area contributed by atoms with Crippen molar-refractivity contribution < 1.29 is 20.1 Å². The van der Waals surface area contributed by atoms with Crippen molar-refractivity contribution in [3.05, 3.63) is 0 Å². The molecule has 0 fully saturated rings. The molecule has 0 heterocycles. The Hall–Kier alpha value is -0.170. The summed E-state index contributed by atoms with van der Waals surface area (Å²) >= 11 is 0. The zero-order valence-electron chi connectivity index (χ0n) is 5.10. The first-order chi connectivity index (χ1) is 4.09. The maximum absolute atomic E-state index is 10.0. The Morgan fingerprint density at radius 3 is 2.00 bits per heavy atom. The highest BCUT2D eigenvalue weighted by Crippen LogP contribution is 1.89. The molecule has 1 amide bonds. The van der Waals surface area contributed by atoms with Crippen molar-refractivity contribution in [2.45, 2.75) is 12.2 Å². The van der Waals surface area contributed by atoms with Crippen LogP contribution in [0.3, 0.4) is 0 Å². The van der Waals surface area contributed by atoms with Gasteiger partial charge in [-0.2, -0.15) is 0 Å². The standard InChI is InChI=1S/C4H9NO4.BrH/c5-4(9)3(8)2(7)1-6;/h2-3,6-8H,1H2,(H2,5,9);1H. The first-order valence-corrected chi connectivity index (χ1v) is 2.36. The zero-order valence-corrected chi connectivity index (χ0v) is 6.81. The fourth-order valence-corrected chi connectivity index (χ4v) is 0.289. The fraction of sp³-hybridized carbons (Fsp3) is 0.750. The van der Waals surface area contributed by atoms with Gasteiger partial charge in [0.2, 0.25) is 5.91 Å². The number of hydrogen-bond donors (Lipinski definition) is 4. The van der Waals surface area contributed by atoms with Gasteiger partial charge >= 0.3 is 0 Å². The Balaban J connectivity index is 0. The molecule has 0 aliphatic rings. The summed E-state index contributed by atoms with van der Waals surface area (Å²) in [6, 6.07) is 0. The molecule has 10 heavy (non-hydrogen) atoms. The van der Waals surface area contributed by atoms with Gasteiger partial charge in [0, 0.05) is 0 Å². The van der Waals surface area contributed by atoms with E-state index >= 15 is 0 Å². The lowest BCUT2D eigenvalue weighted by molar-refractivity contribution is -0.133. The highest BCUT2D eigenvalue weighted by atomic mass is 79.9. The van der Waals surface area contributed by atoms with E-state index in [9.17, 15) is 4.79 Å². The second-order valence-electron chi connectivity index (χ2n) is 1.60. The van der Waals surface area contributed by atoms with Crippen molar-refractivity contribution in [2.75, 3.05) is 6.61 Å². The van der Waals surface area contributed by atoms with Gasteiger partial charge in [-0.15, -0.1) is 17.0 Å². The van der Waals surface area contributed by atoms with E-state index in [4.69, 9.17) is 15.3 Å². The largest absolute Gasteiger partial charge is 0.394 e. The van der Waals surface area contributed by atoms with E-state index in [1.54, 1.807) is 0 Å². The normalized spacial score (nSPS) is 15.1. The molecule has 0 aliphatic carbocycles. The van der Waals surface area contributed by atoms with Gasteiger partial charge in [0.15, 0.2) is 6.10 Å². The average Bonchev–Trinajstić information content (AvgIpc) is 1.84. The molecule has 0 spiro atoms. The number of hydrogen-bond acceptors (Lipinski definition) is 4. The van der Waals surface area contributed by atoms with E-state index in [0.717, 1.165) is 0 Å². The minimum absolute atomic E-state index is 0. The van der Waals surface area contributed by atoms with Crippen molar-refractivity contribution in [1.29, 1.82) is 0 Å². The van der Waals surface area contributed by atoms with Crippen molar-refractivity contribution in [3.8, 4) is 0 Å². The van der Waals surface area contributed by atoms with Crippen LogP contribution in [0.5, 0.6) is 0 Å². The summed E-state index contributed by atoms with van der Waals surface area (Å²) in [6.07, 6.45) is -3.14. The maximum atomic E-state index is 10.0. The van der Waals surface area contributed by atoms with E-state index in [2.05, 4.69) is 5.73 Å².